The second-order valence-electron chi connectivity index (χ2n) is 4.45. The number of imide groups is 1. The van der Waals surface area contributed by atoms with Crippen molar-refractivity contribution in [1.82, 2.24) is 10.3 Å². The van der Waals surface area contributed by atoms with Crippen LogP contribution in [0.2, 0.25) is 0 Å². The minimum atomic E-state index is -0.453. The van der Waals surface area contributed by atoms with Crippen molar-refractivity contribution in [3.63, 3.8) is 0 Å². The zero-order valence-corrected chi connectivity index (χ0v) is 10.5. The molecule has 0 atom stereocenters. The topological polar surface area (TPSA) is 79.4 Å². The zero-order valence-electron chi connectivity index (χ0n) is 10.5. The van der Waals surface area contributed by atoms with Crippen LogP contribution in [0, 0.1) is 0 Å². The summed E-state index contributed by atoms with van der Waals surface area (Å²) in [6, 6.07) is 6.41. The van der Waals surface area contributed by atoms with Gasteiger partial charge in [-0.15, -0.1) is 0 Å². The molecule has 1 aliphatic rings. The van der Waals surface area contributed by atoms with E-state index in [-0.39, 0.29) is 12.3 Å². The second kappa shape index (κ2) is 4.73. The van der Waals surface area contributed by atoms with E-state index in [0.29, 0.717) is 28.7 Å². The lowest BCUT2D eigenvalue weighted by molar-refractivity contribution is -0.120. The molecule has 2 heterocycles. The molecule has 0 aliphatic carbocycles. The fourth-order valence-electron chi connectivity index (χ4n) is 2.30. The van der Waals surface area contributed by atoms with E-state index in [4.69, 9.17) is 0 Å². The fraction of sp³-hybridized carbons (Fsp3) is 0.143. The number of anilines is 1. The maximum absolute atomic E-state index is 11.9. The predicted octanol–water partition coefficient (Wildman–Crippen LogP) is 1.49. The number of aromatic nitrogens is 1. The molecule has 2 aromatic rings. The molecule has 0 saturated carbocycles. The number of carbonyl (C=O) groups excluding carboxylic acids is 3. The number of nitrogens with one attached hydrogen (secondary N) is 1. The molecule has 0 unspecified atom stereocenters. The van der Waals surface area contributed by atoms with Crippen molar-refractivity contribution >= 4 is 34.8 Å². The number of benzene rings is 1. The van der Waals surface area contributed by atoms with Gasteiger partial charge in [0.1, 0.15) is 0 Å². The molecule has 6 nitrogen and oxygen atoms in total. The fourth-order valence-corrected chi connectivity index (χ4v) is 2.30. The van der Waals surface area contributed by atoms with Crippen molar-refractivity contribution in [2.24, 2.45) is 0 Å². The van der Waals surface area contributed by atoms with Crippen molar-refractivity contribution in [3.8, 4) is 0 Å². The van der Waals surface area contributed by atoms with Gasteiger partial charge >= 0.3 is 6.03 Å². The molecule has 3 rings (SSSR count). The highest BCUT2D eigenvalue weighted by atomic mass is 16.2. The first-order valence-electron chi connectivity index (χ1n) is 6.15. The van der Waals surface area contributed by atoms with Crippen LogP contribution in [0.1, 0.15) is 16.8 Å². The minimum absolute atomic E-state index is 0.253. The van der Waals surface area contributed by atoms with E-state index in [9.17, 15) is 14.4 Å². The van der Waals surface area contributed by atoms with Gasteiger partial charge in [-0.05, 0) is 24.3 Å². The van der Waals surface area contributed by atoms with Gasteiger partial charge in [0.2, 0.25) is 5.91 Å². The van der Waals surface area contributed by atoms with Gasteiger partial charge in [0.15, 0.2) is 6.29 Å². The minimum Gasteiger partial charge on any atom is -0.298 e. The number of rotatable bonds is 2. The van der Waals surface area contributed by atoms with Gasteiger partial charge in [-0.2, -0.15) is 0 Å². The molecule has 6 heteroatoms. The zero-order chi connectivity index (χ0) is 14.1. The number of hydrogen-bond acceptors (Lipinski definition) is 4. The Labute approximate surface area is 114 Å². The van der Waals surface area contributed by atoms with Crippen LogP contribution in [0.25, 0.3) is 10.9 Å². The van der Waals surface area contributed by atoms with Crippen LogP contribution < -0.4 is 10.2 Å². The lowest BCUT2D eigenvalue weighted by Crippen LogP contribution is -2.49. The summed E-state index contributed by atoms with van der Waals surface area (Å²) in [5.41, 5.74) is 1.66. The monoisotopic (exact) mass is 269 g/mol. The van der Waals surface area contributed by atoms with Crippen LogP contribution >= 0.6 is 0 Å². The van der Waals surface area contributed by atoms with E-state index in [2.05, 4.69) is 10.3 Å². The van der Waals surface area contributed by atoms with Crippen LogP contribution in [0.5, 0.6) is 0 Å². The largest absolute Gasteiger partial charge is 0.328 e. The summed E-state index contributed by atoms with van der Waals surface area (Å²) < 4.78 is 0. The van der Waals surface area contributed by atoms with Gasteiger partial charge in [0.05, 0.1) is 11.2 Å². The Morgan fingerprint density at radius 2 is 2.10 bits per heavy atom. The molecule has 0 radical (unpaired) electrons. The quantitative estimate of drug-likeness (QED) is 0.838. The van der Waals surface area contributed by atoms with Crippen molar-refractivity contribution < 1.29 is 14.4 Å². The van der Waals surface area contributed by atoms with Crippen molar-refractivity contribution in [1.29, 1.82) is 0 Å². The first-order valence-corrected chi connectivity index (χ1v) is 6.15. The maximum atomic E-state index is 11.9. The highest BCUT2D eigenvalue weighted by Crippen LogP contribution is 2.28. The number of pyridine rings is 1. The van der Waals surface area contributed by atoms with E-state index in [0.717, 1.165) is 6.29 Å². The normalized spacial score (nSPS) is 15.3. The third kappa shape index (κ3) is 1.91. The SMILES string of the molecule is O=Cc1ccc(N2CCC(=O)NC2=O)c2cccnc12. The maximum Gasteiger partial charge on any atom is 0.328 e. The Morgan fingerprint density at radius 3 is 2.85 bits per heavy atom. The van der Waals surface area contributed by atoms with E-state index in [1.165, 1.54) is 4.90 Å². The van der Waals surface area contributed by atoms with Crippen molar-refractivity contribution in [2.75, 3.05) is 11.4 Å². The first kappa shape index (κ1) is 12.3. The molecule has 1 N–H and O–H groups in total. The van der Waals surface area contributed by atoms with Crippen LogP contribution in [0.4, 0.5) is 10.5 Å². The summed E-state index contributed by atoms with van der Waals surface area (Å²) in [6.07, 6.45) is 2.58. The van der Waals surface area contributed by atoms with Gasteiger partial charge in [0, 0.05) is 30.1 Å². The number of urea groups is 1. The lowest BCUT2D eigenvalue weighted by Gasteiger charge is -2.27. The molecule has 1 aliphatic heterocycles. The van der Waals surface area contributed by atoms with Crippen LogP contribution in [-0.2, 0) is 4.79 Å². The Balaban J connectivity index is 2.15. The number of fused-ring (bicyclic) bond motifs is 1. The van der Waals surface area contributed by atoms with E-state index < -0.39 is 6.03 Å². The van der Waals surface area contributed by atoms with Crippen LogP contribution in [0.15, 0.2) is 30.5 Å². The molecule has 100 valence electrons. The van der Waals surface area contributed by atoms with Gasteiger partial charge in [-0.25, -0.2) is 4.79 Å². The molecule has 0 bridgehead atoms. The molecular formula is C14H11N3O3. The Morgan fingerprint density at radius 1 is 1.25 bits per heavy atom. The number of nitrogens with zero attached hydrogens (tertiary/aromatic N) is 2. The van der Waals surface area contributed by atoms with Crippen LogP contribution in [0.3, 0.4) is 0 Å². The summed E-state index contributed by atoms with van der Waals surface area (Å²) in [4.78, 5) is 39.8. The second-order valence-corrected chi connectivity index (χ2v) is 4.45. The first-order chi connectivity index (χ1) is 9.70. The van der Waals surface area contributed by atoms with E-state index >= 15 is 0 Å². The molecule has 20 heavy (non-hydrogen) atoms. The van der Waals surface area contributed by atoms with Crippen LogP contribution in [-0.4, -0.2) is 29.8 Å². The third-order valence-electron chi connectivity index (χ3n) is 3.25. The summed E-state index contributed by atoms with van der Waals surface area (Å²) >= 11 is 0. The third-order valence-corrected chi connectivity index (χ3v) is 3.25. The standard InChI is InChI=1S/C14H11N3O3/c18-8-9-3-4-11(10-2-1-6-15-13(9)10)17-7-5-12(19)16-14(17)20/h1-4,6,8H,5,7H2,(H,16,19,20). The summed E-state index contributed by atoms with van der Waals surface area (Å²) in [5, 5.41) is 2.99. The average molecular weight is 269 g/mol. The molecule has 1 saturated heterocycles. The Kier molecular flexibility index (Phi) is 2.90. The van der Waals surface area contributed by atoms with Gasteiger partial charge in [0.25, 0.3) is 0 Å². The number of carbonyl (C=O) groups is 3. The molecular weight excluding hydrogens is 258 g/mol. The molecule has 1 aromatic heterocycles. The smallest absolute Gasteiger partial charge is 0.298 e. The highest BCUT2D eigenvalue weighted by molar-refractivity contribution is 6.11. The Hall–Kier alpha value is -2.76. The molecule has 1 aromatic carbocycles. The van der Waals surface area contributed by atoms with E-state index in [1.807, 2.05) is 0 Å². The number of aldehydes is 1. The van der Waals surface area contributed by atoms with Gasteiger partial charge in [-0.1, -0.05) is 0 Å². The van der Waals surface area contributed by atoms with Crippen molar-refractivity contribution in [2.45, 2.75) is 6.42 Å². The summed E-state index contributed by atoms with van der Waals surface area (Å²) in [5.74, 6) is -0.279. The molecule has 0 spiro atoms. The summed E-state index contributed by atoms with van der Waals surface area (Å²) in [6.45, 7) is 0.315. The van der Waals surface area contributed by atoms with Crippen molar-refractivity contribution in [3.05, 3.63) is 36.0 Å². The van der Waals surface area contributed by atoms with E-state index in [1.54, 1.807) is 30.5 Å². The summed E-state index contributed by atoms with van der Waals surface area (Å²) in [7, 11) is 0. The number of hydrogen-bond donors (Lipinski definition) is 1. The number of amides is 3. The highest BCUT2D eigenvalue weighted by Gasteiger charge is 2.25. The average Bonchev–Trinajstić information content (AvgIpc) is 2.47. The lowest BCUT2D eigenvalue weighted by atomic mass is 10.1. The molecule has 1 fully saturated rings. The predicted molar refractivity (Wildman–Crippen MR) is 72.6 cm³/mol. The molecule has 3 amide bonds. The van der Waals surface area contributed by atoms with Gasteiger partial charge in [-0.3, -0.25) is 24.8 Å². The Bertz CT molecular complexity index is 727. The van der Waals surface area contributed by atoms with Gasteiger partial charge < -0.3 is 0 Å².